The lowest BCUT2D eigenvalue weighted by atomic mass is 10.2. The molecule has 98 valence electrons. The van der Waals surface area contributed by atoms with E-state index in [4.69, 9.17) is 4.74 Å². The zero-order valence-corrected chi connectivity index (χ0v) is 10.4. The summed E-state index contributed by atoms with van der Waals surface area (Å²) in [5.74, 6) is -0.219. The molecule has 0 spiro atoms. The molecule has 1 aromatic heterocycles. The molecule has 0 aliphatic carbocycles. The number of hydrogen-bond donors (Lipinski definition) is 1. The molecule has 0 unspecified atom stereocenters. The number of nitrogens with zero attached hydrogens (tertiary/aromatic N) is 1. The highest BCUT2D eigenvalue weighted by Crippen LogP contribution is 2.16. The number of benzene rings is 1. The number of nitrogens with one attached hydrogen (secondary N) is 1. The Morgan fingerprint density at radius 2 is 2.16 bits per heavy atom. The zero-order valence-electron chi connectivity index (χ0n) is 10.4. The number of para-hydroxylation sites is 1. The van der Waals surface area contributed by atoms with Crippen LogP contribution in [0.15, 0.2) is 42.7 Å². The fourth-order valence-electron chi connectivity index (χ4n) is 1.66. The molecule has 0 radical (unpaired) electrons. The summed E-state index contributed by atoms with van der Waals surface area (Å²) in [6.45, 7) is 0.305. The minimum absolute atomic E-state index is 0.190. The molecular weight excluding hydrogens is 247 g/mol. The van der Waals surface area contributed by atoms with E-state index >= 15 is 0 Å². The lowest BCUT2D eigenvalue weighted by Gasteiger charge is -2.09. The van der Waals surface area contributed by atoms with E-state index in [1.165, 1.54) is 6.20 Å². The lowest BCUT2D eigenvalue weighted by Crippen LogP contribution is -2.23. The summed E-state index contributed by atoms with van der Waals surface area (Å²) >= 11 is 0. The highest BCUT2D eigenvalue weighted by molar-refractivity contribution is 5.93. The molecule has 4 nitrogen and oxygen atoms in total. The van der Waals surface area contributed by atoms with Crippen LogP contribution in [0.2, 0.25) is 0 Å². The molecule has 2 aromatic rings. The maximum atomic E-state index is 12.9. The zero-order chi connectivity index (χ0) is 13.7. The second-order valence-electron chi connectivity index (χ2n) is 3.89. The van der Waals surface area contributed by atoms with E-state index in [1.807, 2.05) is 24.3 Å². The van der Waals surface area contributed by atoms with E-state index in [1.54, 1.807) is 7.11 Å². The standard InChI is InChI=1S/C14H13FN2O2/c1-19-13-5-3-2-4-10(13)8-17-14(18)11-6-12(15)9-16-7-11/h2-7,9H,8H2,1H3,(H,17,18). The Hall–Kier alpha value is -2.43. The summed E-state index contributed by atoms with van der Waals surface area (Å²) in [6, 6.07) is 8.51. The molecule has 0 saturated heterocycles. The third kappa shape index (κ3) is 3.28. The monoisotopic (exact) mass is 260 g/mol. The largest absolute Gasteiger partial charge is 0.496 e. The number of hydrogen-bond acceptors (Lipinski definition) is 3. The Morgan fingerprint density at radius 3 is 2.89 bits per heavy atom. The van der Waals surface area contributed by atoms with Gasteiger partial charge in [-0.05, 0) is 12.1 Å². The van der Waals surface area contributed by atoms with Crippen LogP contribution in [0.1, 0.15) is 15.9 Å². The first-order valence-electron chi connectivity index (χ1n) is 5.71. The molecule has 0 atom stereocenters. The molecule has 1 N–H and O–H groups in total. The summed E-state index contributed by atoms with van der Waals surface area (Å²) in [7, 11) is 1.57. The molecule has 0 bridgehead atoms. The Kier molecular flexibility index (Phi) is 4.07. The van der Waals surface area contributed by atoms with Crippen molar-refractivity contribution in [3.8, 4) is 5.75 Å². The highest BCUT2D eigenvalue weighted by Gasteiger charge is 2.08. The first kappa shape index (κ1) is 13.0. The van der Waals surface area contributed by atoms with Gasteiger partial charge >= 0.3 is 0 Å². The van der Waals surface area contributed by atoms with Crippen LogP contribution < -0.4 is 10.1 Å². The quantitative estimate of drug-likeness (QED) is 0.916. The predicted molar refractivity (Wildman–Crippen MR) is 68.4 cm³/mol. The van der Waals surface area contributed by atoms with E-state index in [2.05, 4.69) is 10.3 Å². The number of rotatable bonds is 4. The van der Waals surface area contributed by atoms with Crippen molar-refractivity contribution in [2.45, 2.75) is 6.54 Å². The first-order chi connectivity index (χ1) is 9.20. The minimum atomic E-state index is -0.537. The molecule has 0 aliphatic rings. The summed E-state index contributed by atoms with van der Waals surface area (Å²) in [4.78, 5) is 15.4. The number of pyridine rings is 1. The normalized spacial score (nSPS) is 10.0. The van der Waals surface area contributed by atoms with Crippen molar-refractivity contribution in [2.75, 3.05) is 7.11 Å². The van der Waals surface area contributed by atoms with Crippen molar-refractivity contribution in [1.29, 1.82) is 0 Å². The molecule has 0 saturated carbocycles. The molecule has 1 heterocycles. The highest BCUT2D eigenvalue weighted by atomic mass is 19.1. The average Bonchev–Trinajstić information content (AvgIpc) is 2.45. The van der Waals surface area contributed by atoms with Crippen molar-refractivity contribution in [1.82, 2.24) is 10.3 Å². The second-order valence-corrected chi connectivity index (χ2v) is 3.89. The van der Waals surface area contributed by atoms with Crippen LogP contribution in [0.4, 0.5) is 4.39 Å². The van der Waals surface area contributed by atoms with Crippen LogP contribution in [0.3, 0.4) is 0 Å². The van der Waals surface area contributed by atoms with Gasteiger partial charge in [0.1, 0.15) is 11.6 Å². The number of aromatic nitrogens is 1. The maximum absolute atomic E-state index is 12.9. The molecule has 2 rings (SSSR count). The molecule has 0 fully saturated rings. The van der Waals surface area contributed by atoms with Gasteiger partial charge in [0.15, 0.2) is 0 Å². The Balaban J connectivity index is 2.04. The molecule has 0 aliphatic heterocycles. The van der Waals surface area contributed by atoms with E-state index in [-0.39, 0.29) is 11.5 Å². The number of ether oxygens (including phenoxy) is 1. The molecule has 1 aromatic carbocycles. The van der Waals surface area contributed by atoms with Crippen LogP contribution in [0, 0.1) is 5.82 Å². The third-order valence-corrected chi connectivity index (χ3v) is 2.60. The summed E-state index contributed by atoms with van der Waals surface area (Å²) in [6.07, 6.45) is 2.37. The van der Waals surface area contributed by atoms with Crippen molar-refractivity contribution in [3.05, 3.63) is 59.7 Å². The van der Waals surface area contributed by atoms with E-state index in [0.29, 0.717) is 12.3 Å². The average molecular weight is 260 g/mol. The summed E-state index contributed by atoms with van der Waals surface area (Å²) < 4.78 is 18.1. The smallest absolute Gasteiger partial charge is 0.253 e. The van der Waals surface area contributed by atoms with Gasteiger partial charge in [-0.15, -0.1) is 0 Å². The number of halogens is 1. The molecule has 5 heteroatoms. The van der Waals surface area contributed by atoms with Gasteiger partial charge < -0.3 is 10.1 Å². The first-order valence-corrected chi connectivity index (χ1v) is 5.71. The summed E-state index contributed by atoms with van der Waals surface area (Å²) in [5.41, 5.74) is 1.04. The third-order valence-electron chi connectivity index (χ3n) is 2.60. The number of carbonyl (C=O) groups is 1. The van der Waals surface area contributed by atoms with Crippen LogP contribution in [0.5, 0.6) is 5.75 Å². The predicted octanol–water partition coefficient (Wildman–Crippen LogP) is 2.16. The fraction of sp³-hybridized carbons (Fsp3) is 0.143. The summed E-state index contributed by atoms with van der Waals surface area (Å²) in [5, 5.41) is 2.69. The van der Waals surface area contributed by atoms with E-state index in [0.717, 1.165) is 17.8 Å². The van der Waals surface area contributed by atoms with Crippen LogP contribution in [0.25, 0.3) is 0 Å². The second kappa shape index (κ2) is 5.95. The van der Waals surface area contributed by atoms with Gasteiger partial charge in [-0.2, -0.15) is 0 Å². The van der Waals surface area contributed by atoms with Crippen molar-refractivity contribution < 1.29 is 13.9 Å². The van der Waals surface area contributed by atoms with Crippen LogP contribution >= 0.6 is 0 Å². The molecule has 1 amide bonds. The van der Waals surface area contributed by atoms with Crippen molar-refractivity contribution >= 4 is 5.91 Å². The number of methoxy groups -OCH3 is 1. The Bertz CT molecular complexity index is 587. The lowest BCUT2D eigenvalue weighted by molar-refractivity contribution is 0.0950. The van der Waals surface area contributed by atoms with E-state index in [9.17, 15) is 9.18 Å². The maximum Gasteiger partial charge on any atom is 0.253 e. The van der Waals surface area contributed by atoms with Gasteiger partial charge in [0.25, 0.3) is 5.91 Å². The minimum Gasteiger partial charge on any atom is -0.496 e. The SMILES string of the molecule is COc1ccccc1CNC(=O)c1cncc(F)c1. The van der Waals surface area contributed by atoms with Gasteiger partial charge in [-0.3, -0.25) is 9.78 Å². The van der Waals surface area contributed by atoms with Gasteiger partial charge in [0.05, 0.1) is 18.9 Å². The van der Waals surface area contributed by atoms with Gasteiger partial charge in [0, 0.05) is 18.3 Å². The number of carbonyl (C=O) groups excluding carboxylic acids is 1. The topological polar surface area (TPSA) is 51.2 Å². The molecular formula is C14H13FN2O2. The van der Waals surface area contributed by atoms with E-state index < -0.39 is 5.82 Å². The van der Waals surface area contributed by atoms with Crippen LogP contribution in [-0.4, -0.2) is 18.0 Å². The van der Waals surface area contributed by atoms with Gasteiger partial charge in [0.2, 0.25) is 0 Å². The fourth-order valence-corrected chi connectivity index (χ4v) is 1.66. The van der Waals surface area contributed by atoms with Gasteiger partial charge in [-0.1, -0.05) is 18.2 Å². The van der Waals surface area contributed by atoms with Crippen molar-refractivity contribution in [3.63, 3.8) is 0 Å². The van der Waals surface area contributed by atoms with Crippen LogP contribution in [-0.2, 0) is 6.54 Å². The Morgan fingerprint density at radius 1 is 1.37 bits per heavy atom. The van der Waals surface area contributed by atoms with Gasteiger partial charge in [-0.25, -0.2) is 4.39 Å². The molecule has 19 heavy (non-hydrogen) atoms. The Labute approximate surface area is 110 Å². The number of amides is 1. The van der Waals surface area contributed by atoms with Crippen molar-refractivity contribution in [2.24, 2.45) is 0 Å².